The minimum atomic E-state index is -0.0456. The smallest absolute Gasteiger partial charge is 0.254 e. The van der Waals surface area contributed by atoms with E-state index < -0.39 is 0 Å². The number of likely N-dealkylation sites (N-methyl/N-ethyl adjacent to an activating group) is 1. The van der Waals surface area contributed by atoms with Crippen molar-refractivity contribution >= 4 is 23.2 Å². The molecule has 7 nitrogen and oxygen atoms in total. The monoisotopic (exact) mass is 462 g/mol. The third kappa shape index (κ3) is 4.95. The number of amides is 2. The highest BCUT2D eigenvalue weighted by molar-refractivity contribution is 5.96. The van der Waals surface area contributed by atoms with E-state index in [9.17, 15) is 9.59 Å². The minimum absolute atomic E-state index is 0.0153. The van der Waals surface area contributed by atoms with E-state index in [1.165, 1.54) is 16.8 Å². The number of morpholine rings is 1. The highest BCUT2D eigenvalue weighted by atomic mass is 16.5. The number of nitrogens with zero attached hydrogens (tertiary/aromatic N) is 3. The van der Waals surface area contributed by atoms with Gasteiger partial charge in [-0.05, 0) is 67.8 Å². The number of piperazine rings is 1. The van der Waals surface area contributed by atoms with E-state index in [0.717, 1.165) is 51.1 Å². The summed E-state index contributed by atoms with van der Waals surface area (Å²) in [7, 11) is 2.17. The Morgan fingerprint density at radius 3 is 2.41 bits per heavy atom. The van der Waals surface area contributed by atoms with Crippen LogP contribution in [0, 0.1) is 5.92 Å². The molecule has 0 saturated carbocycles. The second kappa shape index (κ2) is 10.2. The van der Waals surface area contributed by atoms with Gasteiger partial charge in [0.2, 0.25) is 5.91 Å². The van der Waals surface area contributed by atoms with Crippen LogP contribution in [0.2, 0.25) is 0 Å². The van der Waals surface area contributed by atoms with Gasteiger partial charge < -0.3 is 24.8 Å². The number of ether oxygens (including phenoxy) is 1. The Morgan fingerprint density at radius 1 is 0.941 bits per heavy atom. The summed E-state index contributed by atoms with van der Waals surface area (Å²) in [6, 6.07) is 13.9. The number of rotatable bonds is 4. The molecule has 1 aliphatic carbocycles. The van der Waals surface area contributed by atoms with Gasteiger partial charge in [0.1, 0.15) is 0 Å². The Bertz CT molecular complexity index is 1020. The predicted molar refractivity (Wildman–Crippen MR) is 133 cm³/mol. The van der Waals surface area contributed by atoms with Crippen molar-refractivity contribution in [2.24, 2.45) is 5.92 Å². The van der Waals surface area contributed by atoms with Crippen LogP contribution in [0.1, 0.15) is 27.9 Å². The largest absolute Gasteiger partial charge is 0.378 e. The Kier molecular flexibility index (Phi) is 6.83. The fourth-order valence-corrected chi connectivity index (χ4v) is 5.23. The van der Waals surface area contributed by atoms with Gasteiger partial charge in [-0.2, -0.15) is 0 Å². The first-order valence-electron chi connectivity index (χ1n) is 12.4. The molecule has 0 radical (unpaired) electrons. The summed E-state index contributed by atoms with van der Waals surface area (Å²) in [5.74, 6) is 0.0309. The second-order valence-corrected chi connectivity index (χ2v) is 9.62. The predicted octanol–water partition coefficient (Wildman–Crippen LogP) is 2.65. The number of anilines is 2. The van der Waals surface area contributed by atoms with Crippen LogP contribution in [-0.2, 0) is 22.4 Å². The zero-order valence-corrected chi connectivity index (χ0v) is 20.0. The van der Waals surface area contributed by atoms with E-state index in [0.29, 0.717) is 31.9 Å². The lowest BCUT2D eigenvalue weighted by Crippen LogP contribution is -2.45. The third-order valence-electron chi connectivity index (χ3n) is 7.37. The van der Waals surface area contributed by atoms with Gasteiger partial charge in [0.05, 0.1) is 13.2 Å². The molecule has 2 fully saturated rings. The van der Waals surface area contributed by atoms with E-state index in [1.807, 2.05) is 17.0 Å². The van der Waals surface area contributed by atoms with Crippen LogP contribution in [-0.4, -0.2) is 81.1 Å². The zero-order valence-electron chi connectivity index (χ0n) is 20.0. The molecule has 2 heterocycles. The Balaban J connectivity index is 1.23. The van der Waals surface area contributed by atoms with Gasteiger partial charge in [-0.15, -0.1) is 0 Å². The maximum absolute atomic E-state index is 13.2. The molecule has 2 amide bonds. The number of hydrogen-bond acceptors (Lipinski definition) is 5. The van der Waals surface area contributed by atoms with E-state index in [-0.39, 0.29) is 17.7 Å². The number of carbonyl (C=O) groups is 2. The molecule has 1 unspecified atom stereocenters. The van der Waals surface area contributed by atoms with Crippen molar-refractivity contribution in [2.45, 2.75) is 19.3 Å². The fraction of sp³-hybridized carbons (Fsp3) is 0.481. The van der Waals surface area contributed by atoms with Crippen molar-refractivity contribution in [3.05, 3.63) is 59.2 Å². The van der Waals surface area contributed by atoms with E-state index in [4.69, 9.17) is 4.74 Å². The number of aryl methyl sites for hydroxylation is 1. The average Bonchev–Trinajstić information content (AvgIpc) is 2.89. The molecule has 1 N–H and O–H groups in total. The molecule has 2 saturated heterocycles. The standard InChI is InChI=1S/C27H34N4O3/c1-29-11-13-30(14-12-29)25-4-2-3-20-5-6-22(19-24(20)25)26(32)28-23-9-7-21(8-10-23)27(33)31-15-17-34-18-16-31/h2-4,7-10,22H,5-6,11-19H2,1H3,(H,28,32). The summed E-state index contributed by atoms with van der Waals surface area (Å²) in [6.45, 7) is 6.60. The molecular weight excluding hydrogens is 428 g/mol. The van der Waals surface area contributed by atoms with Crippen LogP contribution < -0.4 is 10.2 Å². The highest BCUT2D eigenvalue weighted by Crippen LogP contribution is 2.34. The summed E-state index contributed by atoms with van der Waals surface area (Å²) in [5.41, 5.74) is 5.40. The van der Waals surface area contributed by atoms with Gasteiger partial charge in [0.15, 0.2) is 0 Å². The van der Waals surface area contributed by atoms with E-state index >= 15 is 0 Å². The topological polar surface area (TPSA) is 65.1 Å². The van der Waals surface area contributed by atoms with Crippen molar-refractivity contribution in [3.8, 4) is 0 Å². The number of benzene rings is 2. The first kappa shape index (κ1) is 22.9. The Morgan fingerprint density at radius 2 is 1.68 bits per heavy atom. The van der Waals surface area contributed by atoms with Crippen LogP contribution >= 0.6 is 0 Å². The summed E-state index contributed by atoms with van der Waals surface area (Å²) >= 11 is 0. The fourth-order valence-electron chi connectivity index (χ4n) is 5.23. The van der Waals surface area contributed by atoms with E-state index in [2.05, 4.69) is 40.4 Å². The maximum atomic E-state index is 13.2. The summed E-state index contributed by atoms with van der Waals surface area (Å²) in [4.78, 5) is 32.5. The molecule has 0 bridgehead atoms. The van der Waals surface area contributed by atoms with Crippen molar-refractivity contribution < 1.29 is 14.3 Å². The molecular formula is C27H34N4O3. The van der Waals surface area contributed by atoms with Crippen LogP contribution in [0.4, 0.5) is 11.4 Å². The van der Waals surface area contributed by atoms with Gasteiger partial charge in [-0.3, -0.25) is 9.59 Å². The Labute approximate surface area is 201 Å². The van der Waals surface area contributed by atoms with Crippen LogP contribution in [0.25, 0.3) is 0 Å². The number of fused-ring (bicyclic) bond motifs is 1. The van der Waals surface area contributed by atoms with Crippen LogP contribution in [0.3, 0.4) is 0 Å². The molecule has 0 spiro atoms. The normalized spacial score (nSPS) is 21.1. The van der Waals surface area contributed by atoms with Crippen molar-refractivity contribution in [2.75, 3.05) is 69.7 Å². The lowest BCUT2D eigenvalue weighted by Gasteiger charge is -2.37. The van der Waals surface area contributed by atoms with Gasteiger partial charge in [-0.1, -0.05) is 12.1 Å². The SMILES string of the molecule is CN1CCN(c2cccc3c2CC(C(=O)Nc2ccc(C(=O)N4CCOCC4)cc2)CC3)CC1. The Hall–Kier alpha value is -2.90. The number of nitrogens with one attached hydrogen (secondary N) is 1. The average molecular weight is 463 g/mol. The molecule has 34 heavy (non-hydrogen) atoms. The summed E-state index contributed by atoms with van der Waals surface area (Å²) < 4.78 is 5.33. The molecule has 2 aromatic carbocycles. The quantitative estimate of drug-likeness (QED) is 0.757. The van der Waals surface area contributed by atoms with Gasteiger partial charge >= 0.3 is 0 Å². The third-order valence-corrected chi connectivity index (χ3v) is 7.37. The first-order chi connectivity index (χ1) is 16.6. The van der Waals surface area contributed by atoms with Crippen molar-refractivity contribution in [3.63, 3.8) is 0 Å². The second-order valence-electron chi connectivity index (χ2n) is 9.62. The molecule has 2 aromatic rings. The lowest BCUT2D eigenvalue weighted by molar-refractivity contribution is -0.120. The minimum Gasteiger partial charge on any atom is -0.378 e. The molecule has 5 rings (SSSR count). The molecule has 1 atom stereocenters. The van der Waals surface area contributed by atoms with Gasteiger partial charge in [0.25, 0.3) is 5.91 Å². The summed E-state index contributed by atoms with van der Waals surface area (Å²) in [6.07, 6.45) is 2.57. The van der Waals surface area contributed by atoms with Gasteiger partial charge in [0, 0.05) is 62.1 Å². The maximum Gasteiger partial charge on any atom is 0.254 e. The molecule has 7 heteroatoms. The van der Waals surface area contributed by atoms with E-state index in [1.54, 1.807) is 12.1 Å². The van der Waals surface area contributed by atoms with Crippen LogP contribution in [0.15, 0.2) is 42.5 Å². The molecule has 0 aromatic heterocycles. The van der Waals surface area contributed by atoms with Crippen molar-refractivity contribution in [1.82, 2.24) is 9.80 Å². The number of carbonyl (C=O) groups excluding carboxylic acids is 2. The first-order valence-corrected chi connectivity index (χ1v) is 12.4. The number of hydrogen-bond donors (Lipinski definition) is 1. The summed E-state index contributed by atoms with van der Waals surface area (Å²) in [5, 5.41) is 3.09. The zero-order chi connectivity index (χ0) is 23.5. The van der Waals surface area contributed by atoms with Gasteiger partial charge in [-0.25, -0.2) is 0 Å². The highest BCUT2D eigenvalue weighted by Gasteiger charge is 2.28. The molecule has 3 aliphatic rings. The molecule has 180 valence electrons. The van der Waals surface area contributed by atoms with Crippen LogP contribution in [0.5, 0.6) is 0 Å². The van der Waals surface area contributed by atoms with Crippen molar-refractivity contribution in [1.29, 1.82) is 0 Å². The lowest BCUT2D eigenvalue weighted by atomic mass is 9.82. The molecule has 2 aliphatic heterocycles.